The quantitative estimate of drug-likeness (QED) is 0.642. The molecular formula is C12H13N3OS. The zero-order valence-corrected chi connectivity index (χ0v) is 10.5. The Kier molecular flexibility index (Phi) is 3.58. The fourth-order valence-corrected chi connectivity index (χ4v) is 2.11. The van der Waals surface area contributed by atoms with Crippen LogP contribution in [-0.4, -0.2) is 22.0 Å². The van der Waals surface area contributed by atoms with Crippen LogP contribution in [0.5, 0.6) is 0 Å². The molecule has 0 aliphatic carbocycles. The molecule has 2 rings (SSSR count). The van der Waals surface area contributed by atoms with Gasteiger partial charge in [0.05, 0.1) is 11.0 Å². The second-order valence-electron chi connectivity index (χ2n) is 3.71. The Labute approximate surface area is 104 Å². The molecule has 0 radical (unpaired) electrons. The van der Waals surface area contributed by atoms with E-state index in [0.717, 1.165) is 11.3 Å². The van der Waals surface area contributed by atoms with Crippen LogP contribution in [0.4, 0.5) is 0 Å². The molecule has 1 atom stereocenters. The monoisotopic (exact) mass is 247 g/mol. The van der Waals surface area contributed by atoms with Gasteiger partial charge in [0.15, 0.2) is 5.17 Å². The summed E-state index contributed by atoms with van der Waals surface area (Å²) in [4.78, 5) is 11.2. The van der Waals surface area contributed by atoms with Gasteiger partial charge in [0.2, 0.25) is 5.91 Å². The van der Waals surface area contributed by atoms with E-state index in [-0.39, 0.29) is 11.2 Å². The second-order valence-corrected chi connectivity index (χ2v) is 5.04. The highest BCUT2D eigenvalue weighted by molar-refractivity contribution is 8.15. The fourth-order valence-electron chi connectivity index (χ4n) is 1.36. The molecule has 17 heavy (non-hydrogen) atoms. The molecule has 1 heterocycles. The summed E-state index contributed by atoms with van der Waals surface area (Å²) in [7, 11) is 0. The van der Waals surface area contributed by atoms with Gasteiger partial charge in [-0.15, -0.1) is 5.10 Å². The maximum atomic E-state index is 11.2. The number of benzene rings is 1. The maximum Gasteiger partial charge on any atom is 0.239 e. The Bertz CT molecular complexity index is 482. The molecule has 1 aromatic carbocycles. The summed E-state index contributed by atoms with van der Waals surface area (Å²) < 4.78 is 0. The smallest absolute Gasteiger partial charge is 0.239 e. The van der Waals surface area contributed by atoms with E-state index in [9.17, 15) is 4.79 Å². The lowest BCUT2D eigenvalue weighted by molar-refractivity contribution is -0.118. The highest BCUT2D eigenvalue weighted by Gasteiger charge is 2.25. The third-order valence-corrected chi connectivity index (χ3v) is 3.34. The molecule has 1 saturated heterocycles. The molecule has 1 fully saturated rings. The van der Waals surface area contributed by atoms with Gasteiger partial charge in [-0.2, -0.15) is 5.10 Å². The van der Waals surface area contributed by atoms with Crippen molar-refractivity contribution in [1.82, 2.24) is 5.32 Å². The average Bonchev–Trinajstić information content (AvgIpc) is 2.67. The Balaban J connectivity index is 2.11. The first-order valence-corrected chi connectivity index (χ1v) is 6.20. The van der Waals surface area contributed by atoms with Gasteiger partial charge < -0.3 is 5.32 Å². The van der Waals surface area contributed by atoms with Crippen LogP contribution < -0.4 is 5.32 Å². The number of hydrogen-bond acceptors (Lipinski definition) is 4. The fraction of sp³-hybridized carbons (Fsp3) is 0.250. The number of carbonyl (C=O) groups excluding carboxylic acids is 1. The van der Waals surface area contributed by atoms with Crippen LogP contribution >= 0.6 is 11.8 Å². The van der Waals surface area contributed by atoms with Crippen LogP contribution in [0, 0.1) is 0 Å². The zero-order valence-electron chi connectivity index (χ0n) is 9.68. The summed E-state index contributed by atoms with van der Waals surface area (Å²) in [6, 6.07) is 9.81. The molecule has 1 aliphatic rings. The summed E-state index contributed by atoms with van der Waals surface area (Å²) in [5.74, 6) is -0.0127. The first-order chi connectivity index (χ1) is 8.16. The summed E-state index contributed by atoms with van der Waals surface area (Å²) in [6.07, 6.45) is 0. The highest BCUT2D eigenvalue weighted by atomic mass is 32.2. The summed E-state index contributed by atoms with van der Waals surface area (Å²) in [6.45, 7) is 3.74. The van der Waals surface area contributed by atoms with Crippen molar-refractivity contribution in [2.24, 2.45) is 10.2 Å². The van der Waals surface area contributed by atoms with Crippen molar-refractivity contribution in [3.05, 3.63) is 35.9 Å². The van der Waals surface area contributed by atoms with Gasteiger partial charge in [0.1, 0.15) is 0 Å². The first kappa shape index (κ1) is 11.9. The van der Waals surface area contributed by atoms with Gasteiger partial charge in [-0.25, -0.2) is 0 Å². The van der Waals surface area contributed by atoms with Crippen molar-refractivity contribution >= 4 is 28.5 Å². The largest absolute Gasteiger partial charge is 0.303 e. The second kappa shape index (κ2) is 5.14. The highest BCUT2D eigenvalue weighted by Crippen LogP contribution is 2.18. The molecule has 1 aliphatic heterocycles. The lowest BCUT2D eigenvalue weighted by Crippen LogP contribution is -2.23. The van der Waals surface area contributed by atoms with Crippen molar-refractivity contribution in [3.8, 4) is 0 Å². The molecule has 1 amide bonds. The van der Waals surface area contributed by atoms with Crippen molar-refractivity contribution in [2.75, 3.05) is 0 Å². The third-order valence-electron chi connectivity index (χ3n) is 2.37. The van der Waals surface area contributed by atoms with Crippen molar-refractivity contribution < 1.29 is 4.79 Å². The normalized spacial score (nSPS) is 22.9. The minimum absolute atomic E-state index is 0.0127. The Morgan fingerprint density at radius 2 is 2.06 bits per heavy atom. The number of thioether (sulfide) groups is 1. The van der Waals surface area contributed by atoms with Gasteiger partial charge >= 0.3 is 0 Å². The molecule has 1 N–H and O–H groups in total. The third kappa shape index (κ3) is 2.94. The van der Waals surface area contributed by atoms with Crippen molar-refractivity contribution in [3.63, 3.8) is 0 Å². The molecular weight excluding hydrogens is 234 g/mol. The van der Waals surface area contributed by atoms with Crippen molar-refractivity contribution in [2.45, 2.75) is 19.1 Å². The van der Waals surface area contributed by atoms with Crippen LogP contribution in [0.25, 0.3) is 0 Å². The van der Waals surface area contributed by atoms with E-state index in [2.05, 4.69) is 15.5 Å². The van der Waals surface area contributed by atoms with Gasteiger partial charge in [-0.1, -0.05) is 42.1 Å². The van der Waals surface area contributed by atoms with Crippen LogP contribution in [0.3, 0.4) is 0 Å². The van der Waals surface area contributed by atoms with Gasteiger partial charge in [0, 0.05) is 0 Å². The van der Waals surface area contributed by atoms with Gasteiger partial charge in [-0.05, 0) is 19.4 Å². The van der Waals surface area contributed by atoms with Crippen LogP contribution in [0.15, 0.2) is 40.5 Å². The average molecular weight is 247 g/mol. The molecule has 0 aromatic heterocycles. The summed E-state index contributed by atoms with van der Waals surface area (Å²) >= 11 is 1.39. The molecule has 1 aromatic rings. The number of nitrogens with one attached hydrogen (secondary N) is 1. The van der Waals surface area contributed by atoms with E-state index >= 15 is 0 Å². The standard InChI is InChI=1S/C12H13N3OS/c1-8(10-6-4-3-5-7-10)14-15-12-13-11(16)9(2)17-12/h3-7,9H,1-2H3,(H,13,15,16)/t9-/m0/s1. The lowest BCUT2D eigenvalue weighted by Gasteiger charge is -1.97. The van der Waals surface area contributed by atoms with Gasteiger partial charge in [-0.3, -0.25) is 4.79 Å². The number of amides is 1. The van der Waals surface area contributed by atoms with Crippen LogP contribution in [0.1, 0.15) is 19.4 Å². The molecule has 0 saturated carbocycles. The number of rotatable bonds is 2. The Hall–Kier alpha value is -1.62. The predicted octanol–water partition coefficient (Wildman–Crippen LogP) is 2.02. The van der Waals surface area contributed by atoms with Crippen LogP contribution in [-0.2, 0) is 4.79 Å². The van der Waals surface area contributed by atoms with Gasteiger partial charge in [0.25, 0.3) is 0 Å². The zero-order chi connectivity index (χ0) is 12.3. The molecule has 0 bridgehead atoms. The Morgan fingerprint density at radius 1 is 1.35 bits per heavy atom. The summed E-state index contributed by atoms with van der Waals surface area (Å²) in [5.41, 5.74) is 1.85. The Morgan fingerprint density at radius 3 is 2.65 bits per heavy atom. The van der Waals surface area contributed by atoms with E-state index in [4.69, 9.17) is 0 Å². The minimum atomic E-state index is -0.0824. The van der Waals surface area contributed by atoms with Crippen LogP contribution in [0.2, 0.25) is 0 Å². The van der Waals surface area contributed by atoms with Crippen molar-refractivity contribution in [1.29, 1.82) is 0 Å². The molecule has 4 nitrogen and oxygen atoms in total. The minimum Gasteiger partial charge on any atom is -0.303 e. The molecule has 0 unspecified atom stereocenters. The lowest BCUT2D eigenvalue weighted by atomic mass is 10.1. The van der Waals surface area contributed by atoms with E-state index in [1.165, 1.54) is 11.8 Å². The molecule has 88 valence electrons. The maximum absolute atomic E-state index is 11.2. The predicted molar refractivity (Wildman–Crippen MR) is 71.3 cm³/mol. The van der Waals surface area contributed by atoms with E-state index in [1.807, 2.05) is 44.2 Å². The van der Waals surface area contributed by atoms with E-state index in [0.29, 0.717) is 5.17 Å². The molecule has 0 spiro atoms. The van der Waals surface area contributed by atoms with E-state index < -0.39 is 0 Å². The topological polar surface area (TPSA) is 53.8 Å². The number of amidine groups is 1. The number of hydrogen-bond donors (Lipinski definition) is 1. The SMILES string of the molecule is CC(=NN=C1NC(=O)[C@H](C)S1)c1ccccc1. The number of nitrogens with zero attached hydrogens (tertiary/aromatic N) is 2. The number of carbonyl (C=O) groups is 1. The first-order valence-electron chi connectivity index (χ1n) is 5.32. The summed E-state index contributed by atoms with van der Waals surface area (Å²) in [5, 5.41) is 11.3. The molecule has 5 heteroatoms. The van der Waals surface area contributed by atoms with E-state index in [1.54, 1.807) is 0 Å².